The Morgan fingerprint density at radius 2 is 1.95 bits per heavy atom. The first-order valence-electron chi connectivity index (χ1n) is 6.74. The fraction of sp³-hybridized carbons (Fsp3) is 0.917. The van der Waals surface area contributed by atoms with Crippen molar-refractivity contribution in [2.45, 2.75) is 24.4 Å². The predicted molar refractivity (Wildman–Crippen MR) is 73.0 cm³/mol. The third-order valence-corrected chi connectivity index (χ3v) is 4.63. The number of hydrogen-bond acceptors (Lipinski definition) is 9. The van der Waals surface area contributed by atoms with Crippen molar-refractivity contribution in [1.29, 1.82) is 0 Å². The van der Waals surface area contributed by atoms with Crippen molar-refractivity contribution in [1.82, 2.24) is 5.06 Å². The Labute approximate surface area is 129 Å². The quantitative estimate of drug-likeness (QED) is 0.347. The van der Waals surface area contributed by atoms with Crippen molar-refractivity contribution in [3.05, 3.63) is 0 Å². The number of ether oxygens (including phenoxy) is 3. The first-order valence-corrected chi connectivity index (χ1v) is 8.55. The van der Waals surface area contributed by atoms with Gasteiger partial charge in [-0.05, 0) is 0 Å². The molecule has 0 amide bonds. The molecular weight excluding hydrogens is 318 g/mol. The monoisotopic (exact) mass is 339 g/mol. The lowest BCUT2D eigenvalue weighted by molar-refractivity contribution is -0.238. The Kier molecular flexibility index (Phi) is 5.09. The van der Waals surface area contributed by atoms with Gasteiger partial charge in [-0.1, -0.05) is 0 Å². The molecule has 2 aliphatic heterocycles. The molecule has 0 bridgehead atoms. The molecule has 3 atom stereocenters. The molecule has 128 valence electrons. The van der Waals surface area contributed by atoms with E-state index in [4.69, 9.17) is 23.2 Å². The van der Waals surface area contributed by atoms with Crippen molar-refractivity contribution in [3.63, 3.8) is 0 Å². The van der Waals surface area contributed by atoms with Gasteiger partial charge in [0, 0.05) is 27.2 Å². The molecule has 2 heterocycles. The van der Waals surface area contributed by atoms with Crippen LogP contribution in [0.2, 0.25) is 0 Å². The molecule has 9 nitrogen and oxygen atoms in total. The molecule has 0 aromatic carbocycles. The minimum Gasteiger partial charge on any atom is -0.469 e. The average molecular weight is 339 g/mol. The van der Waals surface area contributed by atoms with Crippen LogP contribution in [0.1, 0.15) is 6.42 Å². The molecule has 0 aromatic heterocycles. The summed E-state index contributed by atoms with van der Waals surface area (Å²) in [7, 11) is 0.591. The van der Waals surface area contributed by atoms with Gasteiger partial charge in [0.2, 0.25) is 0 Å². The number of fused-ring (bicyclic) bond motifs is 1. The van der Waals surface area contributed by atoms with E-state index in [1.165, 1.54) is 21.3 Å². The molecule has 2 saturated heterocycles. The van der Waals surface area contributed by atoms with E-state index in [2.05, 4.69) is 0 Å². The van der Waals surface area contributed by atoms with Gasteiger partial charge in [-0.25, -0.2) is 0 Å². The summed E-state index contributed by atoms with van der Waals surface area (Å²) >= 11 is 0. The molecule has 0 unspecified atom stereocenters. The Morgan fingerprint density at radius 1 is 1.32 bits per heavy atom. The van der Waals surface area contributed by atoms with Crippen LogP contribution >= 0.6 is 0 Å². The molecule has 0 spiro atoms. The molecule has 2 fully saturated rings. The zero-order valence-corrected chi connectivity index (χ0v) is 13.8. The van der Waals surface area contributed by atoms with Crippen molar-refractivity contribution in [2.75, 3.05) is 40.7 Å². The summed E-state index contributed by atoms with van der Waals surface area (Å²) in [5.41, 5.74) is 0. The van der Waals surface area contributed by atoms with Crippen LogP contribution in [0.5, 0.6) is 0 Å². The summed E-state index contributed by atoms with van der Waals surface area (Å²) in [5, 5.41) is 1.57. The number of rotatable bonds is 6. The maximum Gasteiger partial charge on any atom is 0.313 e. The van der Waals surface area contributed by atoms with Gasteiger partial charge in [0.05, 0.1) is 20.0 Å². The molecule has 0 radical (unpaired) electrons. The van der Waals surface area contributed by atoms with Crippen LogP contribution in [-0.2, 0) is 38.1 Å². The van der Waals surface area contributed by atoms with Crippen LogP contribution in [0.15, 0.2) is 0 Å². The summed E-state index contributed by atoms with van der Waals surface area (Å²) in [4.78, 5) is 17.8. The second-order valence-electron chi connectivity index (χ2n) is 5.24. The normalized spacial score (nSPS) is 31.2. The van der Waals surface area contributed by atoms with Crippen LogP contribution in [-0.4, -0.2) is 78.1 Å². The molecule has 10 heteroatoms. The number of hydrogen-bond donors (Lipinski definition) is 0. The second-order valence-corrected chi connectivity index (χ2v) is 6.88. The molecule has 0 saturated carbocycles. The van der Waals surface area contributed by atoms with Gasteiger partial charge in [0.25, 0.3) is 10.1 Å². The van der Waals surface area contributed by atoms with Crippen LogP contribution in [0.4, 0.5) is 0 Å². The van der Waals surface area contributed by atoms with E-state index >= 15 is 0 Å². The van der Waals surface area contributed by atoms with E-state index in [9.17, 15) is 13.2 Å². The summed E-state index contributed by atoms with van der Waals surface area (Å²) in [6.07, 6.45) is 0.653. The Morgan fingerprint density at radius 3 is 2.45 bits per heavy atom. The molecule has 0 N–H and O–H groups in total. The fourth-order valence-corrected chi connectivity index (χ4v) is 3.44. The van der Waals surface area contributed by atoms with Gasteiger partial charge in [-0.2, -0.15) is 13.5 Å². The Bertz CT molecular complexity index is 517. The number of hydroxylamine groups is 2. The third kappa shape index (κ3) is 3.12. The zero-order chi connectivity index (χ0) is 16.5. The smallest absolute Gasteiger partial charge is 0.313 e. The van der Waals surface area contributed by atoms with E-state index in [1.807, 2.05) is 0 Å². The topological polar surface area (TPSA) is 101 Å². The maximum absolute atomic E-state index is 12.2. The van der Waals surface area contributed by atoms with Crippen LogP contribution < -0.4 is 0 Å². The first kappa shape index (κ1) is 17.6. The van der Waals surface area contributed by atoms with E-state index in [0.717, 1.165) is 6.26 Å². The van der Waals surface area contributed by atoms with Crippen molar-refractivity contribution < 1.29 is 36.4 Å². The molecule has 0 aromatic rings. The summed E-state index contributed by atoms with van der Waals surface area (Å²) in [6.45, 7) is 0.199. The highest BCUT2D eigenvalue weighted by atomic mass is 32.2. The Hall–Kier alpha value is -0.780. The van der Waals surface area contributed by atoms with Crippen LogP contribution in [0.3, 0.4) is 0 Å². The van der Waals surface area contributed by atoms with Gasteiger partial charge >= 0.3 is 5.97 Å². The minimum absolute atomic E-state index is 0.283. The lowest BCUT2D eigenvalue weighted by Gasteiger charge is -2.33. The lowest BCUT2D eigenvalue weighted by Crippen LogP contribution is -2.51. The second kappa shape index (κ2) is 6.38. The predicted octanol–water partition coefficient (Wildman–Crippen LogP) is -0.871. The summed E-state index contributed by atoms with van der Waals surface area (Å²) in [5.74, 6) is -2.33. The molecule has 2 rings (SSSR count). The van der Waals surface area contributed by atoms with E-state index in [1.54, 1.807) is 5.06 Å². The van der Waals surface area contributed by atoms with Gasteiger partial charge in [-0.3, -0.25) is 13.8 Å². The number of methoxy groups -OCH3 is 3. The number of carbonyl (C=O) groups excluding carboxylic acids is 1. The van der Waals surface area contributed by atoms with Crippen molar-refractivity contribution in [2.24, 2.45) is 5.92 Å². The lowest BCUT2D eigenvalue weighted by atomic mass is 9.90. The van der Waals surface area contributed by atoms with Gasteiger partial charge in [0.15, 0.2) is 5.79 Å². The third-order valence-electron chi connectivity index (χ3n) is 4.06. The molecular formula is C12H21NO8S. The minimum atomic E-state index is -3.64. The molecule has 22 heavy (non-hydrogen) atoms. The van der Waals surface area contributed by atoms with Crippen LogP contribution in [0, 0.1) is 5.92 Å². The van der Waals surface area contributed by atoms with Crippen molar-refractivity contribution in [3.8, 4) is 0 Å². The summed E-state index contributed by atoms with van der Waals surface area (Å²) < 4.78 is 42.9. The zero-order valence-electron chi connectivity index (χ0n) is 13.0. The van der Waals surface area contributed by atoms with Crippen LogP contribution in [0.25, 0.3) is 0 Å². The standard InChI is InChI=1S/C12H21NO8S/c1-17-11(14)9-8(7-20-22(4,15)16)21-13-6-5-12(18-2,19-3)10(9)13/h8-10H,5-7H2,1-4H3/t8-,9-,10+/m1/s1. The number of carbonyl (C=O) groups is 1. The summed E-state index contributed by atoms with van der Waals surface area (Å²) in [6, 6.07) is -0.539. The highest BCUT2D eigenvalue weighted by Crippen LogP contribution is 2.44. The fourth-order valence-electron chi connectivity index (χ4n) is 3.06. The van der Waals surface area contributed by atoms with Gasteiger partial charge in [0.1, 0.15) is 18.1 Å². The number of esters is 1. The van der Waals surface area contributed by atoms with Gasteiger partial charge in [-0.15, -0.1) is 0 Å². The maximum atomic E-state index is 12.2. The first-order chi connectivity index (χ1) is 10.3. The highest BCUT2D eigenvalue weighted by molar-refractivity contribution is 7.85. The number of nitrogens with zero attached hydrogens (tertiary/aromatic N) is 1. The largest absolute Gasteiger partial charge is 0.469 e. The van der Waals surface area contributed by atoms with E-state index in [-0.39, 0.29) is 6.61 Å². The highest BCUT2D eigenvalue weighted by Gasteiger charge is 2.62. The average Bonchev–Trinajstić information content (AvgIpc) is 3.00. The SMILES string of the molecule is COC(=O)[C@H]1[C@@H]2N(CCC2(OC)OC)O[C@@H]1COS(C)(=O)=O. The van der Waals surface area contributed by atoms with E-state index in [0.29, 0.717) is 13.0 Å². The molecule has 0 aliphatic carbocycles. The van der Waals surface area contributed by atoms with Gasteiger partial charge < -0.3 is 14.2 Å². The van der Waals surface area contributed by atoms with Crippen molar-refractivity contribution >= 4 is 16.1 Å². The Balaban J connectivity index is 2.26. The molecule has 2 aliphatic rings. The van der Waals surface area contributed by atoms with E-state index < -0.39 is 39.9 Å².